The van der Waals surface area contributed by atoms with Gasteiger partial charge in [-0.05, 0) is 50.7 Å². The van der Waals surface area contributed by atoms with Crippen LogP contribution in [0, 0.1) is 0 Å². The molecule has 2 saturated heterocycles. The van der Waals surface area contributed by atoms with Crippen LogP contribution in [0.4, 0.5) is 5.69 Å². The number of anilines is 1. The first-order valence-corrected chi connectivity index (χ1v) is 10.8. The zero-order valence-corrected chi connectivity index (χ0v) is 16.5. The van der Waals surface area contributed by atoms with E-state index in [1.165, 1.54) is 30.5 Å². The highest BCUT2D eigenvalue weighted by Gasteiger charge is 2.30. The van der Waals surface area contributed by atoms with Gasteiger partial charge in [-0.3, -0.25) is 9.69 Å². The van der Waals surface area contributed by atoms with Gasteiger partial charge in [0.1, 0.15) is 0 Å². The Bertz CT molecular complexity index is 649. The van der Waals surface area contributed by atoms with Crippen LogP contribution in [0.25, 0.3) is 0 Å². The molecule has 0 spiro atoms. The number of para-hydroxylation sites is 1. The maximum atomic E-state index is 12.8. The maximum Gasteiger partial charge on any atom is 0.226 e. The molecule has 2 fully saturated rings. The number of carbonyl (C=O) groups excluding carboxylic acids is 1. The van der Waals surface area contributed by atoms with Crippen LogP contribution in [0.5, 0.6) is 0 Å². The fourth-order valence-corrected chi connectivity index (χ4v) is 4.83. The summed E-state index contributed by atoms with van der Waals surface area (Å²) in [7, 11) is 0. The van der Waals surface area contributed by atoms with Gasteiger partial charge in [0.05, 0.1) is 0 Å². The van der Waals surface area contributed by atoms with E-state index in [9.17, 15) is 4.79 Å². The summed E-state index contributed by atoms with van der Waals surface area (Å²) in [6.07, 6.45) is 10.2. The van der Waals surface area contributed by atoms with Crippen LogP contribution in [-0.2, 0) is 4.79 Å². The average molecular weight is 368 g/mol. The first kappa shape index (κ1) is 18.5. The van der Waals surface area contributed by atoms with Crippen LogP contribution in [0.15, 0.2) is 42.0 Å². The minimum atomic E-state index is 0.357. The summed E-state index contributed by atoms with van der Waals surface area (Å²) >= 11 is 0. The number of carbonyl (C=O) groups is 1. The first-order chi connectivity index (χ1) is 13.3. The fraction of sp³-hybridized carbons (Fsp3) is 0.609. The molecule has 4 heteroatoms. The molecule has 1 aliphatic carbocycles. The summed E-state index contributed by atoms with van der Waals surface area (Å²) in [5.74, 6) is 0.357. The van der Waals surface area contributed by atoms with Crippen molar-refractivity contribution in [2.45, 2.75) is 51.0 Å². The van der Waals surface area contributed by atoms with Crippen LogP contribution < -0.4 is 4.90 Å². The highest BCUT2D eigenvalue weighted by atomic mass is 16.2. The van der Waals surface area contributed by atoms with Crippen molar-refractivity contribution >= 4 is 11.6 Å². The Hall–Kier alpha value is -1.81. The van der Waals surface area contributed by atoms with Crippen LogP contribution in [0.3, 0.4) is 0 Å². The maximum absolute atomic E-state index is 12.8. The number of rotatable bonds is 4. The van der Waals surface area contributed by atoms with E-state index in [4.69, 9.17) is 0 Å². The third-order valence-corrected chi connectivity index (χ3v) is 6.46. The molecule has 4 nitrogen and oxygen atoms in total. The molecule has 1 atom stereocenters. The zero-order chi connectivity index (χ0) is 18.5. The van der Waals surface area contributed by atoms with Crippen LogP contribution in [0.2, 0.25) is 0 Å². The number of likely N-dealkylation sites (tertiary alicyclic amines) is 1. The van der Waals surface area contributed by atoms with Gasteiger partial charge < -0.3 is 9.80 Å². The average Bonchev–Trinajstić information content (AvgIpc) is 2.75. The smallest absolute Gasteiger partial charge is 0.226 e. The van der Waals surface area contributed by atoms with Crippen molar-refractivity contribution in [1.82, 2.24) is 9.80 Å². The number of piperidine rings is 1. The lowest BCUT2D eigenvalue weighted by atomic mass is 9.96. The van der Waals surface area contributed by atoms with Gasteiger partial charge in [0.25, 0.3) is 0 Å². The Morgan fingerprint density at radius 2 is 1.78 bits per heavy atom. The van der Waals surface area contributed by atoms with E-state index in [-0.39, 0.29) is 0 Å². The van der Waals surface area contributed by atoms with Gasteiger partial charge in [0.15, 0.2) is 0 Å². The molecule has 4 rings (SSSR count). The summed E-state index contributed by atoms with van der Waals surface area (Å²) in [4.78, 5) is 20.0. The topological polar surface area (TPSA) is 26.8 Å². The molecule has 3 aliphatic rings. The largest absolute Gasteiger partial charge is 0.369 e. The number of amides is 1. The molecule has 0 saturated carbocycles. The Morgan fingerprint density at radius 3 is 2.52 bits per heavy atom. The summed E-state index contributed by atoms with van der Waals surface area (Å²) in [6.45, 7) is 6.26. The summed E-state index contributed by atoms with van der Waals surface area (Å²) in [5, 5.41) is 0. The van der Waals surface area contributed by atoms with Crippen LogP contribution >= 0.6 is 0 Å². The first-order valence-electron chi connectivity index (χ1n) is 10.8. The number of piperazine rings is 1. The van der Waals surface area contributed by atoms with Gasteiger partial charge in [-0.15, -0.1) is 0 Å². The van der Waals surface area contributed by atoms with E-state index < -0.39 is 0 Å². The summed E-state index contributed by atoms with van der Waals surface area (Å²) < 4.78 is 0. The molecule has 27 heavy (non-hydrogen) atoms. The van der Waals surface area contributed by atoms with E-state index in [1.54, 1.807) is 0 Å². The fourth-order valence-electron chi connectivity index (χ4n) is 4.83. The summed E-state index contributed by atoms with van der Waals surface area (Å²) in [5.41, 5.74) is 2.71. The normalized spacial score (nSPS) is 24.6. The lowest BCUT2D eigenvalue weighted by Crippen LogP contribution is -2.55. The van der Waals surface area contributed by atoms with Gasteiger partial charge in [-0.2, -0.15) is 0 Å². The Kier molecular flexibility index (Phi) is 6.13. The number of hydrogen-bond acceptors (Lipinski definition) is 3. The van der Waals surface area contributed by atoms with E-state index in [0.717, 1.165) is 58.5 Å². The zero-order valence-electron chi connectivity index (χ0n) is 16.5. The highest BCUT2D eigenvalue weighted by Crippen LogP contribution is 2.24. The van der Waals surface area contributed by atoms with Crippen LogP contribution in [0.1, 0.15) is 44.9 Å². The van der Waals surface area contributed by atoms with Gasteiger partial charge in [0.2, 0.25) is 5.91 Å². The molecule has 0 radical (unpaired) electrons. The predicted octanol–water partition coefficient (Wildman–Crippen LogP) is 3.69. The molecule has 1 aromatic rings. The minimum absolute atomic E-state index is 0.357. The van der Waals surface area contributed by atoms with E-state index in [1.807, 2.05) is 0 Å². The van der Waals surface area contributed by atoms with E-state index >= 15 is 0 Å². The lowest BCUT2D eigenvalue weighted by Gasteiger charge is -2.44. The Morgan fingerprint density at radius 1 is 0.963 bits per heavy atom. The minimum Gasteiger partial charge on any atom is -0.369 e. The second-order valence-electron chi connectivity index (χ2n) is 8.28. The molecule has 1 unspecified atom stereocenters. The summed E-state index contributed by atoms with van der Waals surface area (Å²) in [6, 6.07) is 11.3. The van der Waals surface area contributed by atoms with E-state index in [0.29, 0.717) is 18.4 Å². The molecule has 1 amide bonds. The molecule has 1 aromatic carbocycles. The lowest BCUT2D eigenvalue weighted by molar-refractivity contribution is -0.132. The van der Waals surface area contributed by atoms with Crippen molar-refractivity contribution in [2.75, 3.05) is 44.2 Å². The monoisotopic (exact) mass is 367 g/mol. The van der Waals surface area contributed by atoms with Crippen molar-refractivity contribution in [2.24, 2.45) is 0 Å². The molecular formula is C23H33N3O. The Labute approximate surface area is 163 Å². The quantitative estimate of drug-likeness (QED) is 0.760. The number of benzene rings is 1. The van der Waals surface area contributed by atoms with Crippen molar-refractivity contribution in [3.05, 3.63) is 42.0 Å². The number of hydrogen-bond donors (Lipinski definition) is 0. The van der Waals surface area contributed by atoms with Crippen molar-refractivity contribution in [1.29, 1.82) is 0 Å². The SMILES string of the molecule is O=C(CC1=CCCCC1)N1CCCC(N2CCN(c3ccccc3)CC2)C1. The van der Waals surface area contributed by atoms with Crippen molar-refractivity contribution in [3.8, 4) is 0 Å². The third kappa shape index (κ3) is 4.73. The highest BCUT2D eigenvalue weighted by molar-refractivity contribution is 5.78. The molecule has 2 heterocycles. The molecule has 0 bridgehead atoms. The number of nitrogens with zero attached hydrogens (tertiary/aromatic N) is 3. The van der Waals surface area contributed by atoms with Crippen LogP contribution in [-0.4, -0.2) is 61.0 Å². The van der Waals surface area contributed by atoms with Crippen molar-refractivity contribution < 1.29 is 4.79 Å². The van der Waals surface area contributed by atoms with Crippen molar-refractivity contribution in [3.63, 3.8) is 0 Å². The predicted molar refractivity (Wildman–Crippen MR) is 111 cm³/mol. The second-order valence-corrected chi connectivity index (χ2v) is 8.28. The van der Waals surface area contributed by atoms with Gasteiger partial charge in [-0.25, -0.2) is 0 Å². The second kappa shape index (κ2) is 8.92. The standard InChI is InChI=1S/C23H33N3O/c27-23(18-20-8-3-1-4-9-20)26-13-7-12-22(19-26)25-16-14-24(15-17-25)21-10-5-2-6-11-21/h2,5-6,8,10-11,22H,1,3-4,7,9,12-19H2. The van der Waals surface area contributed by atoms with E-state index in [2.05, 4.69) is 51.1 Å². The van der Waals surface area contributed by atoms with Gasteiger partial charge >= 0.3 is 0 Å². The molecule has 2 aliphatic heterocycles. The molecular weight excluding hydrogens is 334 g/mol. The van der Waals surface area contributed by atoms with Gasteiger partial charge in [0, 0.05) is 57.4 Å². The third-order valence-electron chi connectivity index (χ3n) is 6.46. The molecule has 0 aromatic heterocycles. The van der Waals surface area contributed by atoms with Gasteiger partial charge in [-0.1, -0.05) is 29.8 Å². The molecule has 146 valence electrons. The Balaban J connectivity index is 1.28. The number of allylic oxidation sites excluding steroid dienone is 1. The molecule has 0 N–H and O–H groups in total.